The summed E-state index contributed by atoms with van der Waals surface area (Å²) in [5.41, 5.74) is 0. The van der Waals surface area contributed by atoms with E-state index in [-0.39, 0.29) is 32.2 Å². The third-order valence-corrected chi connectivity index (χ3v) is 13.0. The molecule has 1 N–H and O–H groups in total. The van der Waals surface area contributed by atoms with Gasteiger partial charge in [0.15, 0.2) is 6.10 Å². The van der Waals surface area contributed by atoms with Gasteiger partial charge in [0.2, 0.25) is 0 Å². The molecule has 0 saturated carbocycles. The zero-order valence-corrected chi connectivity index (χ0v) is 50.1. The molecule has 0 aliphatic heterocycles. The van der Waals surface area contributed by atoms with Crippen molar-refractivity contribution >= 4 is 17.9 Å². The molecule has 0 bridgehead atoms. The van der Waals surface area contributed by atoms with Crippen molar-refractivity contribution in [1.82, 2.24) is 0 Å². The molecule has 0 aromatic carbocycles. The van der Waals surface area contributed by atoms with Gasteiger partial charge in [-0.1, -0.05) is 239 Å². The Balaban J connectivity index is 4.31. The van der Waals surface area contributed by atoms with Crippen LogP contribution in [0.3, 0.4) is 0 Å². The second-order valence-electron chi connectivity index (χ2n) is 21.6. The van der Waals surface area contributed by atoms with Crippen molar-refractivity contribution in [2.45, 2.75) is 257 Å². The standard InChI is InChI=1S/C68H115NO8/c1-6-8-10-12-14-16-18-20-22-24-26-28-30-31-32-33-34-35-37-39-41-43-45-47-49-51-53-55-57-59-66(71)77-64(63-76-68(67(72)73)74-61-60-69(3,4)5)62-75-65(70)58-56-54-52-50-48-46-44-42-40-38-36-29-27-25-23-21-19-17-15-13-11-9-7-2/h8,10,14,16,20,22,25-28,31-32,34-35,39,41,45,47,64,68H,6-7,9,11-13,15,17-19,21,23-24,29-30,33,36-38,40,42-44,46,48-63H2,1-5H3/p+1/b10-8-,16-14-,22-20-,27-25-,28-26-,32-31-,35-34-,41-39-,47-45-. The summed E-state index contributed by atoms with van der Waals surface area (Å²) < 4.78 is 22.9. The quantitative estimate of drug-likeness (QED) is 0.0211. The summed E-state index contributed by atoms with van der Waals surface area (Å²) in [6.45, 7) is 4.74. The first-order chi connectivity index (χ1) is 37.6. The van der Waals surface area contributed by atoms with Crippen LogP contribution in [0.1, 0.15) is 245 Å². The Morgan fingerprint density at radius 1 is 0.403 bits per heavy atom. The van der Waals surface area contributed by atoms with Crippen molar-refractivity contribution in [2.75, 3.05) is 47.5 Å². The lowest BCUT2D eigenvalue weighted by atomic mass is 10.0. The first-order valence-corrected chi connectivity index (χ1v) is 31.1. The van der Waals surface area contributed by atoms with Gasteiger partial charge in [0, 0.05) is 12.8 Å². The number of carboxylic acids is 1. The van der Waals surface area contributed by atoms with E-state index in [1.165, 1.54) is 116 Å². The average molecular weight is 1080 g/mol. The highest BCUT2D eigenvalue weighted by Gasteiger charge is 2.25. The highest BCUT2D eigenvalue weighted by Crippen LogP contribution is 2.15. The highest BCUT2D eigenvalue weighted by atomic mass is 16.7. The molecule has 0 aromatic rings. The molecule has 9 nitrogen and oxygen atoms in total. The normalized spacial score (nSPS) is 13.5. The van der Waals surface area contributed by atoms with Gasteiger partial charge in [0.05, 0.1) is 34.4 Å². The topological polar surface area (TPSA) is 108 Å². The molecular formula is C68H116NO8+. The summed E-state index contributed by atoms with van der Waals surface area (Å²) in [6.07, 6.45) is 77.4. The number of carbonyl (C=O) groups is 3. The van der Waals surface area contributed by atoms with Gasteiger partial charge in [-0.2, -0.15) is 0 Å². The molecule has 0 aliphatic carbocycles. The third kappa shape index (κ3) is 59.5. The Bertz CT molecular complexity index is 1630. The fourth-order valence-corrected chi connectivity index (χ4v) is 8.26. The number of quaternary nitrogens is 1. The van der Waals surface area contributed by atoms with E-state index in [4.69, 9.17) is 18.9 Å². The van der Waals surface area contributed by atoms with Crippen molar-refractivity contribution in [3.63, 3.8) is 0 Å². The van der Waals surface area contributed by atoms with Gasteiger partial charge in [0.25, 0.3) is 6.29 Å². The number of allylic oxidation sites excluding steroid dienone is 18. The maximum absolute atomic E-state index is 12.9. The largest absolute Gasteiger partial charge is 0.477 e. The molecule has 440 valence electrons. The lowest BCUT2D eigenvalue weighted by Crippen LogP contribution is -2.40. The number of carboxylic acid groups (broad SMARTS) is 1. The molecule has 0 amide bonds. The van der Waals surface area contributed by atoms with E-state index < -0.39 is 24.3 Å². The summed E-state index contributed by atoms with van der Waals surface area (Å²) in [7, 11) is 5.96. The predicted octanol–water partition coefficient (Wildman–Crippen LogP) is 18.7. The molecule has 0 aliphatic rings. The van der Waals surface area contributed by atoms with E-state index in [0.717, 1.165) is 96.3 Å². The maximum Gasteiger partial charge on any atom is 0.361 e. The van der Waals surface area contributed by atoms with Gasteiger partial charge in [0.1, 0.15) is 13.2 Å². The second kappa shape index (κ2) is 58.1. The molecule has 9 heteroatoms. The number of ether oxygens (including phenoxy) is 4. The fraction of sp³-hybridized carbons (Fsp3) is 0.691. The highest BCUT2D eigenvalue weighted by molar-refractivity contribution is 5.71. The number of hydrogen-bond acceptors (Lipinski definition) is 7. The van der Waals surface area contributed by atoms with Crippen LogP contribution < -0.4 is 0 Å². The predicted molar refractivity (Wildman–Crippen MR) is 327 cm³/mol. The zero-order valence-electron chi connectivity index (χ0n) is 50.1. The number of unbranched alkanes of at least 4 members (excludes halogenated alkanes) is 23. The third-order valence-electron chi connectivity index (χ3n) is 13.0. The van der Waals surface area contributed by atoms with Crippen LogP contribution in [0.2, 0.25) is 0 Å². The molecule has 0 rings (SSSR count). The van der Waals surface area contributed by atoms with Crippen LogP contribution in [-0.4, -0.2) is 87.4 Å². The number of likely N-dealkylation sites (N-methyl/N-ethyl adjacent to an activating group) is 1. The molecule has 0 heterocycles. The molecule has 0 saturated heterocycles. The van der Waals surface area contributed by atoms with Crippen LogP contribution in [0.15, 0.2) is 109 Å². The molecule has 77 heavy (non-hydrogen) atoms. The van der Waals surface area contributed by atoms with Gasteiger partial charge >= 0.3 is 17.9 Å². The second-order valence-corrected chi connectivity index (χ2v) is 21.6. The van der Waals surface area contributed by atoms with Gasteiger partial charge in [-0.05, 0) is 103 Å². The summed E-state index contributed by atoms with van der Waals surface area (Å²) in [6, 6.07) is 0. The van der Waals surface area contributed by atoms with Crippen LogP contribution in [0.5, 0.6) is 0 Å². The summed E-state index contributed by atoms with van der Waals surface area (Å²) in [5, 5.41) is 9.72. The molecular weight excluding hydrogens is 959 g/mol. The minimum Gasteiger partial charge on any atom is -0.477 e. The number of carbonyl (C=O) groups excluding carboxylic acids is 2. The van der Waals surface area contributed by atoms with E-state index >= 15 is 0 Å². The average Bonchev–Trinajstić information content (AvgIpc) is 3.40. The molecule has 2 atom stereocenters. The maximum atomic E-state index is 12.9. The summed E-state index contributed by atoms with van der Waals surface area (Å²) >= 11 is 0. The van der Waals surface area contributed by atoms with Crippen LogP contribution in [0.4, 0.5) is 0 Å². The van der Waals surface area contributed by atoms with Gasteiger partial charge in [-0.15, -0.1) is 0 Å². The number of esters is 2. The number of aliphatic carboxylic acids is 1. The summed E-state index contributed by atoms with van der Waals surface area (Å²) in [5.74, 6) is -2.05. The van der Waals surface area contributed by atoms with Gasteiger partial charge in [-0.25, -0.2) is 4.79 Å². The van der Waals surface area contributed by atoms with E-state index in [0.29, 0.717) is 23.9 Å². The Morgan fingerprint density at radius 2 is 0.740 bits per heavy atom. The van der Waals surface area contributed by atoms with Gasteiger partial charge < -0.3 is 28.5 Å². The van der Waals surface area contributed by atoms with Crippen LogP contribution in [-0.2, 0) is 33.3 Å². The zero-order chi connectivity index (χ0) is 56.2. The van der Waals surface area contributed by atoms with Crippen LogP contribution in [0.25, 0.3) is 0 Å². The lowest BCUT2D eigenvalue weighted by Gasteiger charge is -2.25. The molecule has 0 fully saturated rings. The SMILES string of the molecule is CC/C=C\C/C=C\C/C=C\C/C=C\C/C=C\C/C=C\C/C=C\C/C=C\CCCCCCC(=O)OC(COC(=O)CCCCCCCCCCCCC/C=C\CCCCCCCCCC)COC(OCC[N+](C)(C)C)C(=O)O. The number of hydrogen-bond donors (Lipinski definition) is 1. The van der Waals surface area contributed by atoms with Crippen LogP contribution in [0, 0.1) is 0 Å². The van der Waals surface area contributed by atoms with E-state index in [1.807, 2.05) is 21.1 Å². The number of nitrogens with zero attached hydrogens (tertiary/aromatic N) is 1. The smallest absolute Gasteiger partial charge is 0.361 e. The number of rotatable bonds is 56. The molecule has 0 radical (unpaired) electrons. The molecule has 0 aromatic heterocycles. The Labute approximate surface area is 473 Å². The molecule has 2 unspecified atom stereocenters. The van der Waals surface area contributed by atoms with E-state index in [9.17, 15) is 19.5 Å². The van der Waals surface area contributed by atoms with Crippen molar-refractivity contribution in [3.8, 4) is 0 Å². The minimum atomic E-state index is -1.52. The van der Waals surface area contributed by atoms with Crippen molar-refractivity contribution in [1.29, 1.82) is 0 Å². The van der Waals surface area contributed by atoms with Crippen molar-refractivity contribution in [2.24, 2.45) is 0 Å². The van der Waals surface area contributed by atoms with E-state index in [2.05, 4.69) is 123 Å². The minimum absolute atomic E-state index is 0.177. The first kappa shape index (κ1) is 73.0. The van der Waals surface area contributed by atoms with Crippen molar-refractivity contribution < 1.29 is 42.9 Å². The monoisotopic (exact) mass is 1070 g/mol. The van der Waals surface area contributed by atoms with Crippen molar-refractivity contribution in [3.05, 3.63) is 109 Å². The Kier molecular flexibility index (Phi) is 55.1. The first-order valence-electron chi connectivity index (χ1n) is 31.1. The van der Waals surface area contributed by atoms with Gasteiger partial charge in [-0.3, -0.25) is 9.59 Å². The Morgan fingerprint density at radius 3 is 1.12 bits per heavy atom. The lowest BCUT2D eigenvalue weighted by molar-refractivity contribution is -0.870. The van der Waals surface area contributed by atoms with E-state index in [1.54, 1.807) is 0 Å². The van der Waals surface area contributed by atoms with Crippen LogP contribution >= 0.6 is 0 Å². The fourth-order valence-electron chi connectivity index (χ4n) is 8.26. The molecule has 0 spiro atoms. The Hall–Kier alpha value is -4.05. The summed E-state index contributed by atoms with van der Waals surface area (Å²) in [4.78, 5) is 37.5.